The van der Waals surface area contributed by atoms with E-state index in [0.29, 0.717) is 23.0 Å². The van der Waals surface area contributed by atoms with Gasteiger partial charge in [0.05, 0.1) is 4.92 Å². The maximum Gasteiger partial charge on any atom is 0.271 e. The minimum atomic E-state index is -0.443. The molecule has 5 nitrogen and oxygen atoms in total. The number of nitrogens with one attached hydrogen (secondary N) is 1. The maximum atomic E-state index is 13.0. The Bertz CT molecular complexity index is 948. The van der Waals surface area contributed by atoms with Crippen LogP contribution in [-0.2, 0) is 13.2 Å². The van der Waals surface area contributed by atoms with Gasteiger partial charge in [0.1, 0.15) is 18.2 Å². The first-order valence-corrected chi connectivity index (χ1v) is 8.53. The Kier molecular flexibility index (Phi) is 5.88. The van der Waals surface area contributed by atoms with Crippen LogP contribution in [0.15, 0.2) is 66.7 Å². The number of halogens is 2. The third-order valence-electron chi connectivity index (χ3n) is 3.87. The molecule has 0 aliphatic carbocycles. The van der Waals surface area contributed by atoms with Crippen LogP contribution in [0.4, 0.5) is 15.8 Å². The summed E-state index contributed by atoms with van der Waals surface area (Å²) in [6.07, 6.45) is 0. The predicted molar refractivity (Wildman–Crippen MR) is 103 cm³/mol. The number of benzene rings is 3. The lowest BCUT2D eigenvalue weighted by Gasteiger charge is -2.13. The number of non-ortho nitro benzene ring substituents is 1. The fourth-order valence-corrected chi connectivity index (χ4v) is 2.69. The van der Waals surface area contributed by atoms with Crippen molar-refractivity contribution >= 4 is 23.0 Å². The molecule has 1 N–H and O–H groups in total. The Hall–Kier alpha value is -3.12. The third kappa shape index (κ3) is 5.18. The molecule has 0 spiro atoms. The number of hydrogen-bond donors (Lipinski definition) is 1. The number of anilines is 1. The molecule has 138 valence electrons. The molecule has 3 aromatic carbocycles. The number of nitrogens with zero attached hydrogens (tertiary/aromatic N) is 1. The molecule has 0 aliphatic rings. The second kappa shape index (κ2) is 8.51. The highest BCUT2D eigenvalue weighted by atomic mass is 35.5. The van der Waals surface area contributed by atoms with Gasteiger partial charge >= 0.3 is 0 Å². The molecule has 27 heavy (non-hydrogen) atoms. The second-order valence-electron chi connectivity index (χ2n) is 5.83. The van der Waals surface area contributed by atoms with Gasteiger partial charge in [0, 0.05) is 35.0 Å². The molecule has 0 unspecified atom stereocenters. The van der Waals surface area contributed by atoms with E-state index in [4.69, 9.17) is 16.3 Å². The first-order chi connectivity index (χ1) is 13.0. The third-order valence-corrected chi connectivity index (χ3v) is 4.11. The molecule has 0 heterocycles. The summed E-state index contributed by atoms with van der Waals surface area (Å²) in [6.45, 7) is 0.659. The Morgan fingerprint density at radius 2 is 1.85 bits per heavy atom. The van der Waals surface area contributed by atoms with Crippen molar-refractivity contribution in [3.05, 3.63) is 98.8 Å². The zero-order valence-electron chi connectivity index (χ0n) is 14.2. The van der Waals surface area contributed by atoms with Crippen LogP contribution in [0.5, 0.6) is 5.75 Å². The predicted octanol–water partition coefficient (Wildman–Crippen LogP) is 5.58. The van der Waals surface area contributed by atoms with Gasteiger partial charge in [-0.15, -0.1) is 0 Å². The van der Waals surface area contributed by atoms with Gasteiger partial charge in [-0.05, 0) is 42.0 Å². The van der Waals surface area contributed by atoms with Crippen LogP contribution < -0.4 is 10.1 Å². The van der Waals surface area contributed by atoms with Crippen LogP contribution in [0.3, 0.4) is 0 Å². The SMILES string of the molecule is O=[N+]([O-])c1cccc(NCc2cc(Cl)ccc2OCc2ccc(F)cc2)c1. The van der Waals surface area contributed by atoms with Gasteiger partial charge in [0.15, 0.2) is 0 Å². The number of ether oxygens (including phenoxy) is 1. The summed E-state index contributed by atoms with van der Waals surface area (Å²) >= 11 is 6.09. The van der Waals surface area contributed by atoms with Crippen molar-refractivity contribution in [2.75, 3.05) is 5.32 Å². The molecule has 0 saturated carbocycles. The van der Waals surface area contributed by atoms with E-state index in [1.54, 1.807) is 42.5 Å². The van der Waals surface area contributed by atoms with Gasteiger partial charge in [-0.3, -0.25) is 10.1 Å². The molecule has 0 saturated heterocycles. The minimum absolute atomic E-state index is 0.0128. The van der Waals surface area contributed by atoms with Crippen LogP contribution >= 0.6 is 11.6 Å². The van der Waals surface area contributed by atoms with Crippen molar-refractivity contribution in [3.8, 4) is 5.75 Å². The van der Waals surface area contributed by atoms with Crippen molar-refractivity contribution in [2.45, 2.75) is 13.2 Å². The molecule has 0 bridgehead atoms. The summed E-state index contributed by atoms with van der Waals surface area (Å²) in [5.74, 6) is 0.328. The van der Waals surface area contributed by atoms with E-state index in [0.717, 1.165) is 11.1 Å². The molecule has 0 atom stereocenters. The van der Waals surface area contributed by atoms with Crippen LogP contribution in [0.1, 0.15) is 11.1 Å². The van der Waals surface area contributed by atoms with Gasteiger partial charge in [-0.2, -0.15) is 0 Å². The lowest BCUT2D eigenvalue weighted by atomic mass is 10.2. The van der Waals surface area contributed by atoms with E-state index >= 15 is 0 Å². The van der Waals surface area contributed by atoms with Gasteiger partial charge in [0.25, 0.3) is 5.69 Å². The molecule has 0 amide bonds. The standard InChI is InChI=1S/C20H16ClFN2O3/c21-16-6-9-20(27-13-14-4-7-17(22)8-5-14)15(10-16)12-23-18-2-1-3-19(11-18)24(25)26/h1-11,23H,12-13H2. The summed E-state index contributed by atoms with van der Waals surface area (Å²) in [4.78, 5) is 10.4. The van der Waals surface area contributed by atoms with Crippen molar-refractivity contribution < 1.29 is 14.1 Å². The number of hydrogen-bond acceptors (Lipinski definition) is 4. The van der Waals surface area contributed by atoms with Crippen molar-refractivity contribution in [2.24, 2.45) is 0 Å². The summed E-state index contributed by atoms with van der Waals surface area (Å²) in [6, 6.07) is 17.6. The fraction of sp³-hybridized carbons (Fsp3) is 0.100. The Morgan fingerprint density at radius 3 is 2.59 bits per heavy atom. The molecule has 3 rings (SSSR count). The monoisotopic (exact) mass is 386 g/mol. The number of rotatable bonds is 7. The van der Waals surface area contributed by atoms with Crippen molar-refractivity contribution in [3.63, 3.8) is 0 Å². The summed E-state index contributed by atoms with van der Waals surface area (Å²) in [5, 5.41) is 14.6. The summed E-state index contributed by atoms with van der Waals surface area (Å²) in [5.41, 5.74) is 2.27. The zero-order valence-corrected chi connectivity index (χ0v) is 14.9. The van der Waals surface area contributed by atoms with E-state index in [-0.39, 0.29) is 18.1 Å². The Balaban J connectivity index is 1.71. The first kappa shape index (κ1) is 18.7. The molecule has 0 aromatic heterocycles. The fourth-order valence-electron chi connectivity index (χ4n) is 2.50. The van der Waals surface area contributed by atoms with Gasteiger partial charge in [-0.25, -0.2) is 4.39 Å². The summed E-state index contributed by atoms with van der Waals surface area (Å²) < 4.78 is 18.8. The van der Waals surface area contributed by atoms with Crippen LogP contribution in [0.25, 0.3) is 0 Å². The zero-order chi connectivity index (χ0) is 19.2. The highest BCUT2D eigenvalue weighted by Crippen LogP contribution is 2.26. The van der Waals surface area contributed by atoms with E-state index in [9.17, 15) is 14.5 Å². The number of nitro benzene ring substituents is 1. The highest BCUT2D eigenvalue weighted by molar-refractivity contribution is 6.30. The quantitative estimate of drug-likeness (QED) is 0.425. The Morgan fingerprint density at radius 1 is 1.07 bits per heavy atom. The van der Waals surface area contributed by atoms with Gasteiger partial charge in [0.2, 0.25) is 0 Å². The molecule has 0 radical (unpaired) electrons. The first-order valence-electron chi connectivity index (χ1n) is 8.15. The second-order valence-corrected chi connectivity index (χ2v) is 6.26. The molecule has 3 aromatic rings. The van der Waals surface area contributed by atoms with E-state index in [2.05, 4.69) is 5.32 Å². The normalized spacial score (nSPS) is 10.4. The summed E-state index contributed by atoms with van der Waals surface area (Å²) in [7, 11) is 0. The van der Waals surface area contributed by atoms with Crippen molar-refractivity contribution in [1.29, 1.82) is 0 Å². The van der Waals surface area contributed by atoms with E-state index < -0.39 is 4.92 Å². The van der Waals surface area contributed by atoms with Crippen molar-refractivity contribution in [1.82, 2.24) is 0 Å². The largest absolute Gasteiger partial charge is 0.489 e. The van der Waals surface area contributed by atoms with Crippen LogP contribution in [-0.4, -0.2) is 4.92 Å². The van der Waals surface area contributed by atoms with E-state index in [1.807, 2.05) is 0 Å². The topological polar surface area (TPSA) is 64.4 Å². The molecular weight excluding hydrogens is 371 g/mol. The Labute approximate surface area is 160 Å². The smallest absolute Gasteiger partial charge is 0.271 e. The molecule has 0 fully saturated rings. The lowest BCUT2D eigenvalue weighted by Crippen LogP contribution is -2.04. The van der Waals surface area contributed by atoms with E-state index in [1.165, 1.54) is 24.3 Å². The average Bonchev–Trinajstić information content (AvgIpc) is 2.67. The van der Waals surface area contributed by atoms with Crippen LogP contribution in [0.2, 0.25) is 5.02 Å². The molecule has 0 aliphatic heterocycles. The minimum Gasteiger partial charge on any atom is -0.489 e. The van der Waals surface area contributed by atoms with Gasteiger partial charge < -0.3 is 10.1 Å². The lowest BCUT2D eigenvalue weighted by molar-refractivity contribution is -0.384. The van der Waals surface area contributed by atoms with Gasteiger partial charge in [-0.1, -0.05) is 29.8 Å². The highest BCUT2D eigenvalue weighted by Gasteiger charge is 2.08. The maximum absolute atomic E-state index is 13.0. The molecule has 7 heteroatoms. The molecular formula is C20H16ClFN2O3. The van der Waals surface area contributed by atoms with Crippen LogP contribution in [0, 0.1) is 15.9 Å². The number of nitro groups is 1. The average molecular weight is 387 g/mol.